The third kappa shape index (κ3) is 1.86. The molecule has 2 aromatic carbocycles. The van der Waals surface area contributed by atoms with E-state index in [4.69, 9.17) is 0 Å². The van der Waals surface area contributed by atoms with Gasteiger partial charge >= 0.3 is 0 Å². The molecule has 2 aromatic rings. The van der Waals surface area contributed by atoms with Gasteiger partial charge in [0.05, 0.1) is 0 Å². The molecule has 0 unspecified atom stereocenters. The molecule has 18 heavy (non-hydrogen) atoms. The lowest BCUT2D eigenvalue weighted by molar-refractivity contribution is 0.474. The predicted octanol–water partition coefficient (Wildman–Crippen LogP) is 4.59. The highest BCUT2D eigenvalue weighted by Crippen LogP contribution is 2.35. The molecule has 0 amide bonds. The Morgan fingerprint density at radius 1 is 1.22 bits per heavy atom. The molecule has 1 nitrogen and oxygen atoms in total. The van der Waals surface area contributed by atoms with E-state index in [0.717, 1.165) is 11.6 Å². The van der Waals surface area contributed by atoms with Crippen LogP contribution in [0.3, 0.4) is 0 Å². The zero-order chi connectivity index (χ0) is 13.4. The third-order valence-corrected chi connectivity index (χ3v) is 3.01. The second-order valence-corrected chi connectivity index (χ2v) is 4.58. The number of fused-ring (bicyclic) bond motifs is 1. The fourth-order valence-corrected chi connectivity index (χ4v) is 2.16. The van der Waals surface area contributed by atoms with Gasteiger partial charge in [0.1, 0.15) is 5.75 Å². The Bertz CT molecular complexity index is 630. The topological polar surface area (TPSA) is 20.2 Å². The number of halogens is 2. The summed E-state index contributed by atoms with van der Waals surface area (Å²) in [5.41, 5.74) is 1.31. The van der Waals surface area contributed by atoms with E-state index >= 15 is 0 Å². The number of hydrogen-bond donors (Lipinski definition) is 1. The first-order valence-corrected chi connectivity index (χ1v) is 5.72. The lowest BCUT2D eigenvalue weighted by atomic mass is 9.92. The smallest absolute Gasteiger partial charge is 0.166 e. The van der Waals surface area contributed by atoms with Crippen molar-refractivity contribution in [2.24, 2.45) is 0 Å². The molecule has 2 rings (SSSR count). The molecular formula is C15H14F2O. The fraction of sp³-hybridized carbons (Fsp3) is 0.200. The van der Waals surface area contributed by atoms with E-state index in [9.17, 15) is 13.9 Å². The Balaban J connectivity index is 3.03. The number of rotatable bonds is 2. The molecule has 3 heteroatoms. The van der Waals surface area contributed by atoms with Crippen LogP contribution in [0.15, 0.2) is 24.8 Å². The zero-order valence-corrected chi connectivity index (χ0v) is 10.3. The van der Waals surface area contributed by atoms with Crippen molar-refractivity contribution in [2.75, 3.05) is 0 Å². The Labute approximate surface area is 104 Å². The lowest BCUT2D eigenvalue weighted by Gasteiger charge is -2.14. The molecule has 0 fully saturated rings. The first-order valence-electron chi connectivity index (χ1n) is 5.72. The highest BCUT2D eigenvalue weighted by molar-refractivity contribution is 5.95. The molecule has 0 aromatic heterocycles. The summed E-state index contributed by atoms with van der Waals surface area (Å²) in [5.74, 6) is -1.85. The minimum atomic E-state index is -0.937. The number of benzene rings is 2. The summed E-state index contributed by atoms with van der Waals surface area (Å²) in [5, 5.41) is 10.3. The largest absolute Gasteiger partial charge is 0.508 e. The van der Waals surface area contributed by atoms with Crippen LogP contribution >= 0.6 is 0 Å². The van der Waals surface area contributed by atoms with Gasteiger partial charge in [-0.3, -0.25) is 0 Å². The molecule has 0 saturated carbocycles. The number of phenolic OH excluding ortho intramolecular Hbond substituents is 1. The Hall–Kier alpha value is -1.90. The Morgan fingerprint density at radius 3 is 2.44 bits per heavy atom. The van der Waals surface area contributed by atoms with Gasteiger partial charge in [-0.1, -0.05) is 26.5 Å². The molecular weight excluding hydrogens is 234 g/mol. The van der Waals surface area contributed by atoms with E-state index in [1.807, 2.05) is 13.8 Å². The standard InChI is InChI=1S/C15H14F2O/c1-4-9-5-13(16)15(17)12-7-10(18)6-11(8(2)3)14(9)12/h4-8,18H,1H2,2-3H3. The second kappa shape index (κ2) is 4.41. The predicted molar refractivity (Wildman–Crippen MR) is 69.7 cm³/mol. The highest BCUT2D eigenvalue weighted by Gasteiger charge is 2.16. The normalized spacial score (nSPS) is 11.2. The molecule has 0 radical (unpaired) electrons. The van der Waals surface area contributed by atoms with Crippen molar-refractivity contribution in [3.63, 3.8) is 0 Å². The number of phenols is 1. The van der Waals surface area contributed by atoms with Crippen molar-refractivity contribution in [3.8, 4) is 5.75 Å². The summed E-state index contributed by atoms with van der Waals surface area (Å²) in [4.78, 5) is 0. The molecule has 0 aliphatic heterocycles. The van der Waals surface area contributed by atoms with E-state index in [2.05, 4.69) is 6.58 Å². The van der Waals surface area contributed by atoms with Crippen LogP contribution in [-0.2, 0) is 0 Å². The average molecular weight is 248 g/mol. The molecule has 0 aliphatic carbocycles. The highest BCUT2D eigenvalue weighted by atomic mass is 19.2. The number of hydrogen-bond acceptors (Lipinski definition) is 1. The molecule has 94 valence electrons. The summed E-state index contributed by atoms with van der Waals surface area (Å²) in [6, 6.07) is 3.96. The molecule has 0 aliphatic rings. The van der Waals surface area contributed by atoms with Gasteiger partial charge < -0.3 is 5.11 Å². The Morgan fingerprint density at radius 2 is 1.89 bits per heavy atom. The van der Waals surface area contributed by atoms with Gasteiger partial charge in [0.15, 0.2) is 11.6 Å². The lowest BCUT2D eigenvalue weighted by Crippen LogP contribution is -1.96. The van der Waals surface area contributed by atoms with Crippen molar-refractivity contribution < 1.29 is 13.9 Å². The van der Waals surface area contributed by atoms with Gasteiger partial charge in [0, 0.05) is 5.39 Å². The summed E-state index contributed by atoms with van der Waals surface area (Å²) >= 11 is 0. The first kappa shape index (κ1) is 12.6. The van der Waals surface area contributed by atoms with Gasteiger partial charge in [-0.2, -0.15) is 0 Å². The summed E-state index contributed by atoms with van der Waals surface area (Å²) in [7, 11) is 0. The molecule has 0 bridgehead atoms. The van der Waals surface area contributed by atoms with Gasteiger partial charge in [0.25, 0.3) is 0 Å². The molecule has 1 N–H and O–H groups in total. The first-order chi connectivity index (χ1) is 8.45. The minimum absolute atomic E-state index is 0.0642. The van der Waals surface area contributed by atoms with Crippen molar-refractivity contribution in [3.05, 3.63) is 47.5 Å². The van der Waals surface area contributed by atoms with Crippen molar-refractivity contribution in [1.82, 2.24) is 0 Å². The van der Waals surface area contributed by atoms with Crippen LogP contribution in [0, 0.1) is 11.6 Å². The van der Waals surface area contributed by atoms with Crippen molar-refractivity contribution >= 4 is 16.8 Å². The Kier molecular flexibility index (Phi) is 3.07. The molecule has 0 saturated heterocycles. The number of aromatic hydroxyl groups is 1. The van der Waals surface area contributed by atoms with E-state index < -0.39 is 11.6 Å². The fourth-order valence-electron chi connectivity index (χ4n) is 2.16. The van der Waals surface area contributed by atoms with E-state index in [1.165, 1.54) is 12.1 Å². The van der Waals surface area contributed by atoms with Gasteiger partial charge in [-0.25, -0.2) is 8.78 Å². The van der Waals surface area contributed by atoms with E-state index in [-0.39, 0.29) is 17.1 Å². The summed E-state index contributed by atoms with van der Waals surface area (Å²) < 4.78 is 27.3. The molecule has 0 spiro atoms. The van der Waals surface area contributed by atoms with Crippen molar-refractivity contribution in [2.45, 2.75) is 19.8 Å². The van der Waals surface area contributed by atoms with Gasteiger partial charge in [-0.05, 0) is 40.6 Å². The van der Waals surface area contributed by atoms with E-state index in [1.54, 1.807) is 6.07 Å². The quantitative estimate of drug-likeness (QED) is 0.824. The van der Waals surface area contributed by atoms with Crippen LogP contribution in [0.4, 0.5) is 8.78 Å². The maximum Gasteiger partial charge on any atom is 0.166 e. The van der Waals surface area contributed by atoms with Crippen LogP contribution in [0.1, 0.15) is 30.9 Å². The SMILES string of the molecule is C=Cc1cc(F)c(F)c2cc(O)cc(C(C)C)c12. The summed E-state index contributed by atoms with van der Waals surface area (Å²) in [6.07, 6.45) is 1.49. The van der Waals surface area contributed by atoms with Gasteiger partial charge in [0.2, 0.25) is 0 Å². The monoisotopic (exact) mass is 248 g/mol. The van der Waals surface area contributed by atoms with Crippen LogP contribution in [0.2, 0.25) is 0 Å². The molecule has 0 heterocycles. The summed E-state index contributed by atoms with van der Waals surface area (Å²) in [6.45, 7) is 7.49. The maximum absolute atomic E-state index is 13.8. The van der Waals surface area contributed by atoms with Crippen LogP contribution < -0.4 is 0 Å². The third-order valence-electron chi connectivity index (χ3n) is 3.01. The minimum Gasteiger partial charge on any atom is -0.508 e. The van der Waals surface area contributed by atoms with Crippen molar-refractivity contribution in [1.29, 1.82) is 0 Å². The van der Waals surface area contributed by atoms with Crippen LogP contribution in [0.5, 0.6) is 5.75 Å². The van der Waals surface area contributed by atoms with Crippen LogP contribution in [-0.4, -0.2) is 5.11 Å². The van der Waals surface area contributed by atoms with E-state index in [0.29, 0.717) is 10.9 Å². The zero-order valence-electron chi connectivity index (χ0n) is 10.3. The van der Waals surface area contributed by atoms with Gasteiger partial charge in [-0.15, -0.1) is 0 Å². The maximum atomic E-state index is 13.8. The second-order valence-electron chi connectivity index (χ2n) is 4.58. The molecule has 0 atom stereocenters. The average Bonchev–Trinajstić information content (AvgIpc) is 2.32. The van der Waals surface area contributed by atoms with Crippen LogP contribution in [0.25, 0.3) is 16.8 Å².